The lowest BCUT2D eigenvalue weighted by Crippen LogP contribution is -2.58. The van der Waals surface area contributed by atoms with Crippen molar-refractivity contribution in [1.29, 1.82) is 0 Å². The summed E-state index contributed by atoms with van der Waals surface area (Å²) in [4.78, 5) is 16.9. The molecule has 0 N–H and O–H groups in total. The molecule has 140 valence electrons. The molecule has 0 bridgehead atoms. The number of sulfonamides is 1. The summed E-state index contributed by atoms with van der Waals surface area (Å²) < 4.78 is 27.7. The van der Waals surface area contributed by atoms with Crippen LogP contribution in [0.4, 0.5) is 5.69 Å². The first kappa shape index (κ1) is 18.3. The summed E-state index contributed by atoms with van der Waals surface area (Å²) in [6, 6.07) is -0.162. The van der Waals surface area contributed by atoms with Gasteiger partial charge in [-0.2, -0.15) is 9.40 Å². The van der Waals surface area contributed by atoms with Crippen LogP contribution in [-0.4, -0.2) is 77.8 Å². The predicted octanol–water partition coefficient (Wildman–Crippen LogP) is 0.273. The Morgan fingerprint density at radius 1 is 1.20 bits per heavy atom. The maximum Gasteiger partial charge on any atom is 0.244 e. The predicted molar refractivity (Wildman–Crippen MR) is 95.8 cm³/mol. The molecule has 2 aliphatic heterocycles. The number of aryl methyl sites for hydroxylation is 1. The number of piperidine rings is 1. The Hall–Kier alpha value is -1.45. The van der Waals surface area contributed by atoms with Gasteiger partial charge in [0, 0.05) is 46.0 Å². The highest BCUT2D eigenvalue weighted by Gasteiger charge is 2.37. The Morgan fingerprint density at radius 2 is 1.92 bits per heavy atom. The number of hydrogen-bond acceptors (Lipinski definition) is 5. The largest absolute Gasteiger partial charge is 0.308 e. The summed E-state index contributed by atoms with van der Waals surface area (Å²) in [6.07, 6.45) is 5.98. The van der Waals surface area contributed by atoms with Gasteiger partial charge < -0.3 is 4.90 Å². The van der Waals surface area contributed by atoms with E-state index in [2.05, 4.69) is 10.00 Å². The molecule has 2 saturated heterocycles. The van der Waals surface area contributed by atoms with Crippen LogP contribution >= 0.6 is 0 Å². The molecule has 2 aliphatic rings. The molecule has 0 aliphatic carbocycles. The van der Waals surface area contributed by atoms with E-state index in [1.54, 1.807) is 20.1 Å². The number of hydrogen-bond donors (Lipinski definition) is 0. The van der Waals surface area contributed by atoms with Gasteiger partial charge in [-0.3, -0.25) is 14.4 Å². The third kappa shape index (κ3) is 3.88. The van der Waals surface area contributed by atoms with Crippen molar-refractivity contribution in [3.63, 3.8) is 0 Å². The SMILES string of the molecule is CCCS(=O)(=O)N1CCN([C@@H]2CCCN(c3cnn(C)c3)C2=O)CC1. The summed E-state index contributed by atoms with van der Waals surface area (Å²) in [7, 11) is -1.31. The fourth-order valence-corrected chi connectivity index (χ4v) is 5.17. The van der Waals surface area contributed by atoms with Gasteiger partial charge in [0.2, 0.25) is 15.9 Å². The minimum Gasteiger partial charge on any atom is -0.308 e. The van der Waals surface area contributed by atoms with Crippen LogP contribution in [0.2, 0.25) is 0 Å². The first-order chi connectivity index (χ1) is 11.9. The van der Waals surface area contributed by atoms with E-state index in [1.807, 2.05) is 20.2 Å². The van der Waals surface area contributed by atoms with Crippen molar-refractivity contribution in [2.75, 3.05) is 43.4 Å². The van der Waals surface area contributed by atoms with E-state index in [0.29, 0.717) is 39.1 Å². The number of carbonyl (C=O) groups excluding carboxylic acids is 1. The Kier molecular flexibility index (Phi) is 5.45. The molecule has 1 aromatic heterocycles. The molecule has 25 heavy (non-hydrogen) atoms. The zero-order chi connectivity index (χ0) is 18.0. The summed E-state index contributed by atoms with van der Waals surface area (Å²) >= 11 is 0. The maximum absolute atomic E-state index is 12.9. The van der Waals surface area contributed by atoms with Crippen molar-refractivity contribution in [3.05, 3.63) is 12.4 Å². The second-order valence-corrected chi connectivity index (χ2v) is 8.86. The Bertz CT molecular complexity index is 709. The lowest BCUT2D eigenvalue weighted by Gasteiger charge is -2.41. The molecular weight excluding hydrogens is 342 g/mol. The average Bonchev–Trinajstić information content (AvgIpc) is 3.01. The van der Waals surface area contributed by atoms with Crippen LogP contribution in [0.5, 0.6) is 0 Å². The first-order valence-corrected chi connectivity index (χ1v) is 10.5. The average molecular weight is 369 g/mol. The molecule has 1 aromatic rings. The number of carbonyl (C=O) groups is 1. The zero-order valence-electron chi connectivity index (χ0n) is 15.0. The number of piperazine rings is 1. The second kappa shape index (κ2) is 7.43. The second-order valence-electron chi connectivity index (χ2n) is 6.77. The molecular formula is C16H27N5O3S. The van der Waals surface area contributed by atoms with Gasteiger partial charge in [0.15, 0.2) is 0 Å². The molecule has 9 heteroatoms. The number of nitrogens with zero attached hydrogens (tertiary/aromatic N) is 5. The summed E-state index contributed by atoms with van der Waals surface area (Å²) in [5, 5.41) is 4.15. The summed E-state index contributed by atoms with van der Waals surface area (Å²) in [5.74, 6) is 0.300. The van der Waals surface area contributed by atoms with Gasteiger partial charge in [0.05, 0.1) is 23.7 Å². The normalized spacial score (nSPS) is 24.0. The van der Waals surface area contributed by atoms with Gasteiger partial charge in [-0.05, 0) is 19.3 Å². The van der Waals surface area contributed by atoms with E-state index in [0.717, 1.165) is 18.5 Å². The van der Waals surface area contributed by atoms with Crippen LogP contribution < -0.4 is 4.90 Å². The Balaban J connectivity index is 1.64. The van der Waals surface area contributed by atoms with E-state index < -0.39 is 10.0 Å². The molecule has 1 atom stereocenters. The number of amides is 1. The topological polar surface area (TPSA) is 78.8 Å². The fourth-order valence-electron chi connectivity index (χ4n) is 3.68. The highest BCUT2D eigenvalue weighted by Crippen LogP contribution is 2.24. The molecule has 3 rings (SSSR count). The quantitative estimate of drug-likeness (QED) is 0.745. The summed E-state index contributed by atoms with van der Waals surface area (Å²) in [5.41, 5.74) is 0.835. The van der Waals surface area contributed by atoms with E-state index >= 15 is 0 Å². The van der Waals surface area contributed by atoms with Crippen LogP contribution in [0.15, 0.2) is 12.4 Å². The number of rotatable bonds is 5. The third-order valence-electron chi connectivity index (χ3n) is 4.98. The lowest BCUT2D eigenvalue weighted by atomic mass is 10.0. The van der Waals surface area contributed by atoms with E-state index in [9.17, 15) is 13.2 Å². The van der Waals surface area contributed by atoms with Crippen molar-refractivity contribution >= 4 is 21.6 Å². The first-order valence-electron chi connectivity index (χ1n) is 8.94. The molecule has 2 fully saturated rings. The van der Waals surface area contributed by atoms with Crippen molar-refractivity contribution in [2.24, 2.45) is 7.05 Å². The fraction of sp³-hybridized carbons (Fsp3) is 0.750. The van der Waals surface area contributed by atoms with Crippen molar-refractivity contribution in [1.82, 2.24) is 19.0 Å². The third-order valence-corrected chi connectivity index (χ3v) is 7.06. The molecule has 8 nitrogen and oxygen atoms in total. The smallest absolute Gasteiger partial charge is 0.244 e. The number of aromatic nitrogens is 2. The van der Waals surface area contributed by atoms with Gasteiger partial charge in [0.25, 0.3) is 0 Å². The minimum absolute atomic E-state index is 0.101. The van der Waals surface area contributed by atoms with Crippen LogP contribution in [0.1, 0.15) is 26.2 Å². The van der Waals surface area contributed by atoms with Gasteiger partial charge in [0.1, 0.15) is 0 Å². The molecule has 0 spiro atoms. The summed E-state index contributed by atoms with van der Waals surface area (Å²) in [6.45, 7) is 4.76. The lowest BCUT2D eigenvalue weighted by molar-refractivity contribution is -0.125. The minimum atomic E-state index is -3.15. The van der Waals surface area contributed by atoms with Crippen LogP contribution in [0.25, 0.3) is 0 Å². The standard InChI is InChI=1S/C16H27N5O3S/c1-3-11-25(23,24)20-9-7-19(8-10-20)15-5-4-6-21(16(15)22)14-12-17-18(2)13-14/h12-13,15H,3-11H2,1-2H3/t15-/m1/s1. The molecule has 1 amide bonds. The Labute approximate surface area is 149 Å². The maximum atomic E-state index is 12.9. The van der Waals surface area contributed by atoms with E-state index in [-0.39, 0.29) is 17.7 Å². The highest BCUT2D eigenvalue weighted by molar-refractivity contribution is 7.89. The van der Waals surface area contributed by atoms with Gasteiger partial charge in [-0.25, -0.2) is 8.42 Å². The van der Waals surface area contributed by atoms with E-state index in [4.69, 9.17) is 0 Å². The number of anilines is 1. The Morgan fingerprint density at radius 3 is 2.52 bits per heavy atom. The van der Waals surface area contributed by atoms with Gasteiger partial charge >= 0.3 is 0 Å². The van der Waals surface area contributed by atoms with E-state index in [1.165, 1.54) is 0 Å². The van der Waals surface area contributed by atoms with Crippen molar-refractivity contribution in [3.8, 4) is 0 Å². The van der Waals surface area contributed by atoms with Crippen LogP contribution in [0.3, 0.4) is 0 Å². The van der Waals surface area contributed by atoms with Gasteiger partial charge in [-0.1, -0.05) is 6.92 Å². The van der Waals surface area contributed by atoms with Crippen LogP contribution in [-0.2, 0) is 21.9 Å². The molecule has 3 heterocycles. The van der Waals surface area contributed by atoms with Crippen molar-refractivity contribution in [2.45, 2.75) is 32.2 Å². The highest BCUT2D eigenvalue weighted by atomic mass is 32.2. The molecule has 0 saturated carbocycles. The molecule has 0 unspecified atom stereocenters. The van der Waals surface area contributed by atoms with Crippen LogP contribution in [0, 0.1) is 0 Å². The molecule has 0 radical (unpaired) electrons. The molecule has 0 aromatic carbocycles. The van der Waals surface area contributed by atoms with Gasteiger partial charge in [-0.15, -0.1) is 0 Å². The van der Waals surface area contributed by atoms with Crippen molar-refractivity contribution < 1.29 is 13.2 Å². The zero-order valence-corrected chi connectivity index (χ0v) is 15.8. The monoisotopic (exact) mass is 369 g/mol.